The first-order valence-corrected chi connectivity index (χ1v) is 9.49. The highest BCUT2D eigenvalue weighted by molar-refractivity contribution is 5.78. The second-order valence-electron chi connectivity index (χ2n) is 7.52. The number of amides is 1. The molecule has 2 heterocycles. The fraction of sp³-hybridized carbons (Fsp3) is 0.650. The molecule has 4 nitrogen and oxygen atoms in total. The number of piperidine rings is 2. The number of nitrogens with one attached hydrogen (secondary N) is 2. The Labute approximate surface area is 146 Å². The van der Waals surface area contributed by atoms with E-state index in [1.165, 1.54) is 37.1 Å². The smallest absolute Gasteiger partial charge is 0.223 e. The molecule has 1 aromatic carbocycles. The van der Waals surface area contributed by atoms with Crippen molar-refractivity contribution in [2.75, 3.05) is 26.2 Å². The molecule has 2 N–H and O–H groups in total. The Balaban J connectivity index is 1.43. The first kappa shape index (κ1) is 17.4. The molecule has 0 saturated carbocycles. The van der Waals surface area contributed by atoms with Gasteiger partial charge in [-0.15, -0.1) is 0 Å². The summed E-state index contributed by atoms with van der Waals surface area (Å²) in [5.74, 6) is 1.28. The van der Waals surface area contributed by atoms with E-state index in [0.29, 0.717) is 6.54 Å². The van der Waals surface area contributed by atoms with Crippen LogP contribution in [-0.4, -0.2) is 37.0 Å². The maximum Gasteiger partial charge on any atom is 0.223 e. The Bertz CT molecular complexity index is 514. The number of hydrogen-bond donors (Lipinski definition) is 2. The Morgan fingerprint density at radius 1 is 1.08 bits per heavy atom. The summed E-state index contributed by atoms with van der Waals surface area (Å²) in [4.78, 5) is 14.7. The lowest BCUT2D eigenvalue weighted by atomic mass is 9.97. The fourth-order valence-corrected chi connectivity index (χ4v) is 3.66. The van der Waals surface area contributed by atoms with Crippen molar-refractivity contribution in [1.82, 2.24) is 15.5 Å². The van der Waals surface area contributed by atoms with E-state index in [1.807, 2.05) is 0 Å². The molecule has 2 aliphatic heterocycles. The van der Waals surface area contributed by atoms with E-state index in [9.17, 15) is 4.79 Å². The molecule has 0 aliphatic carbocycles. The normalized spacial score (nSPS) is 20.9. The van der Waals surface area contributed by atoms with Gasteiger partial charge in [0.2, 0.25) is 5.91 Å². The highest BCUT2D eigenvalue weighted by Gasteiger charge is 2.20. The van der Waals surface area contributed by atoms with Gasteiger partial charge in [0.15, 0.2) is 0 Å². The van der Waals surface area contributed by atoms with Crippen molar-refractivity contribution in [2.45, 2.75) is 45.7 Å². The molecule has 0 atom stereocenters. The topological polar surface area (TPSA) is 44.4 Å². The molecule has 0 spiro atoms. The predicted molar refractivity (Wildman–Crippen MR) is 97.6 cm³/mol. The van der Waals surface area contributed by atoms with Crippen molar-refractivity contribution in [3.63, 3.8) is 0 Å². The van der Waals surface area contributed by atoms with Crippen LogP contribution in [-0.2, 0) is 17.9 Å². The molecule has 2 aliphatic rings. The van der Waals surface area contributed by atoms with Gasteiger partial charge in [0, 0.05) is 19.0 Å². The second-order valence-corrected chi connectivity index (χ2v) is 7.52. The summed E-state index contributed by atoms with van der Waals surface area (Å²) < 4.78 is 0. The number of carbonyl (C=O) groups excluding carboxylic acids is 1. The van der Waals surface area contributed by atoms with Gasteiger partial charge >= 0.3 is 0 Å². The minimum absolute atomic E-state index is 0.187. The number of rotatable bonds is 5. The van der Waals surface area contributed by atoms with E-state index in [2.05, 4.69) is 46.7 Å². The summed E-state index contributed by atoms with van der Waals surface area (Å²) in [7, 11) is 0. The van der Waals surface area contributed by atoms with Crippen LogP contribution in [0.1, 0.15) is 43.7 Å². The largest absolute Gasteiger partial charge is 0.352 e. The number of carbonyl (C=O) groups is 1. The fourth-order valence-electron chi connectivity index (χ4n) is 3.66. The summed E-state index contributed by atoms with van der Waals surface area (Å²) in [6.45, 7) is 8.40. The monoisotopic (exact) mass is 329 g/mol. The van der Waals surface area contributed by atoms with Crippen LogP contribution in [0.5, 0.6) is 0 Å². The lowest BCUT2D eigenvalue weighted by Crippen LogP contribution is -2.37. The molecule has 4 heteroatoms. The second kappa shape index (κ2) is 8.63. The number of likely N-dealkylation sites (tertiary alicyclic amines) is 1. The third kappa shape index (κ3) is 5.05. The Morgan fingerprint density at radius 2 is 1.71 bits per heavy atom. The third-order valence-corrected chi connectivity index (χ3v) is 5.48. The van der Waals surface area contributed by atoms with Crippen molar-refractivity contribution >= 4 is 5.91 Å². The van der Waals surface area contributed by atoms with Gasteiger partial charge in [-0.05, 0) is 68.9 Å². The van der Waals surface area contributed by atoms with E-state index in [-0.39, 0.29) is 11.8 Å². The molecule has 0 radical (unpaired) electrons. The Kier molecular flexibility index (Phi) is 6.27. The Morgan fingerprint density at radius 3 is 2.38 bits per heavy atom. The average Bonchev–Trinajstić information content (AvgIpc) is 2.63. The Hall–Kier alpha value is -1.39. The summed E-state index contributed by atoms with van der Waals surface area (Å²) in [5.41, 5.74) is 2.56. The van der Waals surface area contributed by atoms with Gasteiger partial charge < -0.3 is 10.6 Å². The summed E-state index contributed by atoms with van der Waals surface area (Å²) >= 11 is 0. The van der Waals surface area contributed by atoms with Crippen LogP contribution in [0.25, 0.3) is 0 Å². The lowest BCUT2D eigenvalue weighted by molar-refractivity contribution is -0.125. The van der Waals surface area contributed by atoms with Crippen LogP contribution >= 0.6 is 0 Å². The van der Waals surface area contributed by atoms with E-state index in [0.717, 1.165) is 38.4 Å². The van der Waals surface area contributed by atoms with E-state index < -0.39 is 0 Å². The van der Waals surface area contributed by atoms with Crippen LogP contribution in [0.15, 0.2) is 24.3 Å². The van der Waals surface area contributed by atoms with E-state index in [4.69, 9.17) is 0 Å². The summed E-state index contributed by atoms with van der Waals surface area (Å²) in [5, 5.41) is 6.40. The molecule has 2 saturated heterocycles. The SMILES string of the molecule is CC1CCN(Cc2ccc(CNC(=O)C3CCNCC3)cc2)CC1. The maximum absolute atomic E-state index is 12.2. The van der Waals surface area contributed by atoms with Crippen molar-refractivity contribution in [3.05, 3.63) is 35.4 Å². The minimum Gasteiger partial charge on any atom is -0.352 e. The molecule has 1 aromatic rings. The molecular formula is C20H31N3O. The third-order valence-electron chi connectivity index (χ3n) is 5.48. The molecule has 0 bridgehead atoms. The maximum atomic E-state index is 12.2. The van der Waals surface area contributed by atoms with Crippen LogP contribution in [0, 0.1) is 11.8 Å². The molecule has 2 fully saturated rings. The zero-order valence-corrected chi connectivity index (χ0v) is 14.9. The van der Waals surface area contributed by atoms with Crippen LogP contribution in [0.2, 0.25) is 0 Å². The molecule has 0 unspecified atom stereocenters. The molecule has 3 rings (SSSR count). The number of nitrogens with zero attached hydrogens (tertiary/aromatic N) is 1. The van der Waals surface area contributed by atoms with Crippen LogP contribution in [0.3, 0.4) is 0 Å². The van der Waals surface area contributed by atoms with Crippen molar-refractivity contribution in [2.24, 2.45) is 11.8 Å². The lowest BCUT2D eigenvalue weighted by Gasteiger charge is -2.30. The van der Waals surface area contributed by atoms with Gasteiger partial charge in [-0.1, -0.05) is 31.2 Å². The summed E-state index contributed by atoms with van der Waals surface area (Å²) in [6, 6.07) is 8.74. The molecule has 1 amide bonds. The minimum atomic E-state index is 0.187. The van der Waals surface area contributed by atoms with Crippen LogP contribution in [0.4, 0.5) is 0 Å². The highest BCUT2D eigenvalue weighted by Crippen LogP contribution is 2.18. The van der Waals surface area contributed by atoms with Crippen molar-refractivity contribution in [3.8, 4) is 0 Å². The summed E-state index contributed by atoms with van der Waals surface area (Å²) in [6.07, 6.45) is 4.56. The van der Waals surface area contributed by atoms with Gasteiger partial charge in [-0.3, -0.25) is 9.69 Å². The van der Waals surface area contributed by atoms with Crippen molar-refractivity contribution in [1.29, 1.82) is 0 Å². The number of hydrogen-bond acceptors (Lipinski definition) is 3. The molecular weight excluding hydrogens is 298 g/mol. The van der Waals surface area contributed by atoms with Gasteiger partial charge in [0.25, 0.3) is 0 Å². The van der Waals surface area contributed by atoms with E-state index >= 15 is 0 Å². The van der Waals surface area contributed by atoms with Gasteiger partial charge in [0.1, 0.15) is 0 Å². The molecule has 0 aromatic heterocycles. The van der Waals surface area contributed by atoms with Gasteiger partial charge in [0.05, 0.1) is 0 Å². The number of benzene rings is 1. The van der Waals surface area contributed by atoms with Crippen LogP contribution < -0.4 is 10.6 Å². The van der Waals surface area contributed by atoms with Crippen molar-refractivity contribution < 1.29 is 4.79 Å². The zero-order valence-electron chi connectivity index (χ0n) is 14.9. The average molecular weight is 329 g/mol. The molecule has 132 valence electrons. The first-order valence-electron chi connectivity index (χ1n) is 9.49. The van der Waals surface area contributed by atoms with Gasteiger partial charge in [-0.25, -0.2) is 0 Å². The predicted octanol–water partition coefficient (Wildman–Crippen LogP) is 2.53. The zero-order chi connectivity index (χ0) is 16.8. The first-order chi connectivity index (χ1) is 11.7. The van der Waals surface area contributed by atoms with E-state index in [1.54, 1.807) is 0 Å². The van der Waals surface area contributed by atoms with Gasteiger partial charge in [-0.2, -0.15) is 0 Å². The highest BCUT2D eigenvalue weighted by atomic mass is 16.1. The quantitative estimate of drug-likeness (QED) is 0.872. The standard InChI is InChI=1S/C20H31N3O/c1-16-8-12-23(13-9-16)15-18-4-2-17(3-5-18)14-22-20(24)19-6-10-21-11-7-19/h2-5,16,19,21H,6-15H2,1H3,(H,22,24). The molecule has 24 heavy (non-hydrogen) atoms.